The smallest absolute Gasteiger partial charge is 0.462 e. The number of carbonyl (C=O) groups excluding carboxylic acids is 3. The minimum absolute atomic E-state index is 0.0272. The van der Waals surface area contributed by atoms with Crippen LogP contribution in [0.3, 0.4) is 0 Å². The second kappa shape index (κ2) is 34.6. The van der Waals surface area contributed by atoms with E-state index in [0.717, 1.165) is 63.9 Å². The van der Waals surface area contributed by atoms with Crippen molar-refractivity contribution in [2.45, 2.75) is 216 Å². The number of Topliss-reactive ketones (excluding diaryl/α,β-unsaturated/α-hetero) is 1. The molecular weight excluding hydrogens is 875 g/mol. The summed E-state index contributed by atoms with van der Waals surface area (Å²) in [5.74, 6) is -5.00. The van der Waals surface area contributed by atoms with E-state index in [9.17, 15) is 59.6 Å². The average Bonchev–Trinajstić information content (AvgIpc) is 3.28. The Hall–Kier alpha value is -2.60. The van der Waals surface area contributed by atoms with Crippen molar-refractivity contribution in [1.29, 1.82) is 0 Å². The van der Waals surface area contributed by atoms with Gasteiger partial charge in [-0.3, -0.25) is 23.4 Å². The largest absolute Gasteiger partial charge is 0.472 e. The Bertz CT molecular complexity index is 1520. The number of ether oxygens (including phenoxy) is 2. The molecule has 1 aliphatic heterocycles. The number of cyclic esters (lactones) is 1. The monoisotopic (exact) mass is 959 g/mol. The molecule has 12 atom stereocenters. The van der Waals surface area contributed by atoms with E-state index in [1.165, 1.54) is 25.3 Å². The molecule has 1 saturated carbocycles. The van der Waals surface area contributed by atoms with Gasteiger partial charge in [0.25, 0.3) is 0 Å². The highest BCUT2D eigenvalue weighted by Gasteiger charge is 2.49. The number of unbranched alkanes of at least 4 members (excludes halogenated alkanes) is 9. The van der Waals surface area contributed by atoms with Gasteiger partial charge in [-0.25, -0.2) is 4.57 Å². The van der Waals surface area contributed by atoms with Gasteiger partial charge < -0.3 is 50.1 Å². The summed E-state index contributed by atoms with van der Waals surface area (Å²) in [4.78, 5) is 50.1. The van der Waals surface area contributed by atoms with Crippen LogP contribution in [0.2, 0.25) is 0 Å². The molecule has 0 aromatic carbocycles. The normalized spacial score (nSPS) is 31.1. The second-order valence-electron chi connectivity index (χ2n) is 17.7. The zero-order chi connectivity index (χ0) is 48.7. The van der Waals surface area contributed by atoms with E-state index in [2.05, 4.69) is 43.4 Å². The van der Waals surface area contributed by atoms with Crippen molar-refractivity contribution in [3.05, 3.63) is 48.6 Å². The maximum Gasteiger partial charge on any atom is 0.472 e. The first-order chi connectivity index (χ1) is 31.6. The van der Waals surface area contributed by atoms with Crippen LogP contribution in [0.4, 0.5) is 0 Å². The summed E-state index contributed by atoms with van der Waals surface area (Å²) in [6, 6.07) is 0. The number of phosphoric ester groups is 1. The second-order valence-corrected chi connectivity index (χ2v) is 19.2. The molecule has 66 heavy (non-hydrogen) atoms. The maximum absolute atomic E-state index is 13.7. The minimum atomic E-state index is -5.46. The Balaban J connectivity index is 2.11. The number of hydrogen-bond donors (Lipinski definition) is 8. The van der Waals surface area contributed by atoms with E-state index in [1.807, 2.05) is 6.92 Å². The highest BCUT2D eigenvalue weighted by Crippen LogP contribution is 2.47. The number of phosphoric acid groups is 1. The fourth-order valence-electron chi connectivity index (χ4n) is 7.99. The van der Waals surface area contributed by atoms with Crippen LogP contribution in [0.5, 0.6) is 0 Å². The summed E-state index contributed by atoms with van der Waals surface area (Å²) in [7, 11) is -5.46. The lowest BCUT2D eigenvalue weighted by Gasteiger charge is -2.37. The van der Waals surface area contributed by atoms with Crippen molar-refractivity contribution in [2.75, 3.05) is 13.2 Å². The van der Waals surface area contributed by atoms with Gasteiger partial charge in [0.15, 0.2) is 6.10 Å². The van der Waals surface area contributed by atoms with Crippen molar-refractivity contribution in [3.8, 4) is 0 Å². The summed E-state index contributed by atoms with van der Waals surface area (Å²) in [5, 5.41) is 78.5. The molecule has 0 spiro atoms. The van der Waals surface area contributed by atoms with Crippen LogP contribution in [0.25, 0.3) is 0 Å². The molecule has 0 aromatic heterocycles. The van der Waals surface area contributed by atoms with Crippen LogP contribution in [-0.2, 0) is 37.5 Å². The quantitative estimate of drug-likeness (QED) is 0.0234. The third-order valence-corrected chi connectivity index (χ3v) is 13.0. The van der Waals surface area contributed by atoms with Crippen molar-refractivity contribution >= 4 is 25.5 Å². The lowest BCUT2D eigenvalue weighted by molar-refractivity contribution is -0.167. The lowest BCUT2D eigenvalue weighted by Crippen LogP contribution is -2.55. The van der Waals surface area contributed by atoms with Crippen LogP contribution in [-0.4, -0.2) is 127 Å². The third-order valence-electron chi connectivity index (χ3n) is 12.0. The molecular formula is C49H83O16P. The van der Waals surface area contributed by atoms with Crippen LogP contribution in [0.15, 0.2) is 48.6 Å². The number of aliphatic hydroxyl groups is 7. The number of allylic oxidation sites excluding steroid dienone is 6. The Morgan fingerprint density at radius 1 is 0.758 bits per heavy atom. The van der Waals surface area contributed by atoms with Gasteiger partial charge in [0.1, 0.15) is 36.8 Å². The summed E-state index contributed by atoms with van der Waals surface area (Å²) >= 11 is 0. The first kappa shape index (κ1) is 59.5. The van der Waals surface area contributed by atoms with E-state index in [-0.39, 0.29) is 19.3 Å². The molecule has 0 amide bonds. The summed E-state index contributed by atoms with van der Waals surface area (Å²) in [6.45, 7) is 2.78. The molecule has 0 radical (unpaired) electrons. The first-order valence-corrected chi connectivity index (χ1v) is 26.0. The van der Waals surface area contributed by atoms with E-state index in [0.29, 0.717) is 44.9 Å². The van der Waals surface area contributed by atoms with Gasteiger partial charge in [-0.2, -0.15) is 0 Å². The van der Waals surface area contributed by atoms with Crippen molar-refractivity contribution in [1.82, 2.24) is 0 Å². The summed E-state index contributed by atoms with van der Waals surface area (Å²) < 4.78 is 34.6. The highest BCUT2D eigenvalue weighted by molar-refractivity contribution is 7.47. The molecule has 17 heteroatoms. The van der Waals surface area contributed by atoms with Crippen molar-refractivity contribution < 1.29 is 78.1 Å². The minimum Gasteiger partial charge on any atom is -0.462 e. The number of esters is 2. The van der Waals surface area contributed by atoms with Gasteiger partial charge in [0.05, 0.1) is 36.9 Å². The lowest BCUT2D eigenvalue weighted by atomic mass is 9.82. The van der Waals surface area contributed by atoms with Crippen LogP contribution < -0.4 is 0 Å². The molecule has 2 fully saturated rings. The standard InChI is InChI=1S/C49H83O16P/c1-3-5-7-8-9-10-11-12-13-14-15-16-17-18-19-20-25-29-42(53)62-34-37-35-63-66(60,61)65-49-47(58)45(56)39(32-31-36(50)27-23-6-4-2)41(52)33-40(51)38(44(55)46(57)48(49)59)28-24-21-22-26-30-43(54)64-37/h9-10,12-13,15-16,31-32,36-40,44-51,55-59H,3-8,11,14,17-30,33-35H2,1-2H3,(H,60,61)/b10-9-,13-12-,16-15-,32-31+/t36-,37+,38-,39-,40-,44+,45+,46-,47+,48+,49+/m0/s1. The molecule has 2 rings (SSSR count). The molecule has 1 unspecified atom stereocenters. The molecule has 0 aromatic rings. The molecule has 1 aliphatic carbocycles. The SMILES string of the molecule is CCCCC/C=C\C/C=C\C/C=C\CCCCCCC(=O)OC[C@@H]1COP(=O)(O)O[C@H]2[C@H](O)[C@@H](O)[C@H](O)[C@@H](CCCCCCC(=O)O1)[C@@H](O)CC(=O)[C@H](/C=C/[C@@H](O)CCCCC)[C@@H](O)[C@H]2O. The molecule has 380 valence electrons. The molecule has 16 nitrogen and oxygen atoms in total. The van der Waals surface area contributed by atoms with Crippen molar-refractivity contribution in [3.63, 3.8) is 0 Å². The van der Waals surface area contributed by atoms with Gasteiger partial charge in [-0.05, 0) is 64.2 Å². The first-order valence-electron chi connectivity index (χ1n) is 24.5. The van der Waals surface area contributed by atoms with E-state index < -0.39 is 112 Å². The number of hydrogen-bond acceptors (Lipinski definition) is 15. The topological polar surface area (TPSA) is 267 Å². The van der Waals surface area contributed by atoms with Gasteiger partial charge in [0, 0.05) is 25.2 Å². The number of carbonyl (C=O) groups is 3. The van der Waals surface area contributed by atoms with Gasteiger partial charge in [0.2, 0.25) is 0 Å². The molecule has 1 saturated heterocycles. The van der Waals surface area contributed by atoms with Crippen LogP contribution in [0.1, 0.15) is 162 Å². The fourth-order valence-corrected chi connectivity index (χ4v) is 8.96. The molecule has 1 heterocycles. The summed E-state index contributed by atoms with van der Waals surface area (Å²) in [5.41, 5.74) is 0. The number of fused-ring (bicyclic) bond motifs is 4. The zero-order valence-electron chi connectivity index (χ0n) is 39.4. The Kier molecular flexibility index (Phi) is 31.2. The molecule has 2 bridgehead atoms. The number of rotatable bonds is 23. The Labute approximate surface area is 392 Å². The maximum atomic E-state index is 13.7. The fraction of sp³-hybridized carbons (Fsp3) is 0.776. The van der Waals surface area contributed by atoms with E-state index in [1.54, 1.807) is 0 Å². The van der Waals surface area contributed by atoms with Crippen molar-refractivity contribution in [2.24, 2.45) is 11.8 Å². The Morgan fingerprint density at radius 3 is 2.05 bits per heavy atom. The highest BCUT2D eigenvalue weighted by atomic mass is 31.2. The van der Waals surface area contributed by atoms with E-state index in [4.69, 9.17) is 18.5 Å². The van der Waals surface area contributed by atoms with Crippen LogP contribution >= 0.6 is 7.82 Å². The number of aliphatic hydroxyl groups excluding tert-OH is 7. The Morgan fingerprint density at radius 2 is 1.36 bits per heavy atom. The molecule has 2 aliphatic rings. The van der Waals surface area contributed by atoms with Gasteiger partial charge >= 0.3 is 19.8 Å². The predicted octanol–water partition coefficient (Wildman–Crippen LogP) is 6.54. The predicted molar refractivity (Wildman–Crippen MR) is 250 cm³/mol. The number of ketones is 1. The average molecular weight is 959 g/mol. The third kappa shape index (κ3) is 24.6. The molecule has 8 N–H and O–H groups in total. The van der Waals surface area contributed by atoms with E-state index >= 15 is 0 Å². The van der Waals surface area contributed by atoms with Crippen LogP contribution in [0, 0.1) is 11.8 Å². The zero-order valence-corrected chi connectivity index (χ0v) is 40.3. The van der Waals surface area contributed by atoms with Gasteiger partial charge in [-0.1, -0.05) is 127 Å². The summed E-state index contributed by atoms with van der Waals surface area (Å²) in [6.07, 6.45) is 12.4. The van der Waals surface area contributed by atoms with Gasteiger partial charge in [-0.15, -0.1) is 0 Å².